The van der Waals surface area contributed by atoms with Crippen LogP contribution in [0.4, 0.5) is 4.79 Å². The van der Waals surface area contributed by atoms with E-state index in [1.165, 1.54) is 0 Å². The van der Waals surface area contributed by atoms with Crippen LogP contribution in [0.25, 0.3) is 0 Å². The van der Waals surface area contributed by atoms with Gasteiger partial charge in [0.25, 0.3) is 0 Å². The Bertz CT molecular complexity index is 895. The van der Waals surface area contributed by atoms with Crippen LogP contribution < -0.4 is 16.4 Å². The first-order valence-electron chi connectivity index (χ1n) is 10.5. The Morgan fingerprint density at radius 3 is 2.29 bits per heavy atom. The molecule has 31 heavy (non-hydrogen) atoms. The number of nitrogens with one attached hydrogen (secondary N) is 2. The summed E-state index contributed by atoms with van der Waals surface area (Å²) >= 11 is 0. The van der Waals surface area contributed by atoms with Crippen LogP contribution in [0.2, 0.25) is 0 Å². The van der Waals surface area contributed by atoms with Gasteiger partial charge in [-0.2, -0.15) is 0 Å². The third-order valence-electron chi connectivity index (χ3n) is 5.26. The number of carbonyl (C=O) groups excluding carboxylic acids is 3. The normalized spacial score (nSPS) is 14.1. The second-order valence-electron chi connectivity index (χ2n) is 7.57. The fourth-order valence-electron chi connectivity index (χ4n) is 3.47. The summed E-state index contributed by atoms with van der Waals surface area (Å²) in [5, 5.41) is 5.85. The van der Waals surface area contributed by atoms with Gasteiger partial charge in [0, 0.05) is 44.8 Å². The first kappa shape index (κ1) is 22.3. The van der Waals surface area contributed by atoms with Crippen molar-refractivity contribution in [1.82, 2.24) is 20.4 Å². The molecule has 0 aliphatic carbocycles. The van der Waals surface area contributed by atoms with Crippen molar-refractivity contribution in [2.75, 3.05) is 39.3 Å². The van der Waals surface area contributed by atoms with Crippen molar-refractivity contribution in [1.29, 1.82) is 0 Å². The lowest BCUT2D eigenvalue weighted by molar-refractivity contribution is -0.122. The smallest absolute Gasteiger partial charge is 0.317 e. The lowest BCUT2D eigenvalue weighted by Gasteiger charge is -2.34. The summed E-state index contributed by atoms with van der Waals surface area (Å²) in [6.07, 6.45) is 0.619. The van der Waals surface area contributed by atoms with Crippen LogP contribution in [-0.2, 0) is 17.8 Å². The maximum atomic E-state index is 12.4. The second kappa shape index (κ2) is 11.1. The van der Waals surface area contributed by atoms with Gasteiger partial charge in [-0.05, 0) is 29.7 Å². The Labute approximate surface area is 182 Å². The number of amides is 4. The molecule has 0 saturated carbocycles. The second-order valence-corrected chi connectivity index (χ2v) is 7.57. The van der Waals surface area contributed by atoms with Gasteiger partial charge in [-0.25, -0.2) is 4.79 Å². The van der Waals surface area contributed by atoms with E-state index in [2.05, 4.69) is 15.5 Å². The monoisotopic (exact) mass is 423 g/mol. The summed E-state index contributed by atoms with van der Waals surface area (Å²) in [5.41, 5.74) is 7.78. The first-order valence-corrected chi connectivity index (χ1v) is 10.5. The molecule has 0 unspecified atom stereocenters. The molecule has 0 spiro atoms. The van der Waals surface area contributed by atoms with Gasteiger partial charge < -0.3 is 21.3 Å². The number of piperazine rings is 1. The number of hydrogen-bond acceptors (Lipinski definition) is 4. The summed E-state index contributed by atoms with van der Waals surface area (Å²) in [7, 11) is 0. The van der Waals surface area contributed by atoms with E-state index in [4.69, 9.17) is 5.73 Å². The Morgan fingerprint density at radius 1 is 0.871 bits per heavy atom. The largest absolute Gasteiger partial charge is 0.366 e. The molecule has 4 amide bonds. The maximum Gasteiger partial charge on any atom is 0.317 e. The number of nitrogens with two attached hydrogens (primary N) is 1. The van der Waals surface area contributed by atoms with Gasteiger partial charge in [0.05, 0.1) is 6.54 Å². The minimum absolute atomic E-state index is 0.0139. The van der Waals surface area contributed by atoms with Gasteiger partial charge in [-0.1, -0.05) is 42.5 Å². The zero-order valence-electron chi connectivity index (χ0n) is 17.5. The molecule has 2 aromatic carbocycles. The molecule has 1 aliphatic rings. The summed E-state index contributed by atoms with van der Waals surface area (Å²) in [5.74, 6) is -0.475. The standard InChI is InChI=1S/C23H29N5O3/c24-22(30)20-8-4-7-18(15-20)9-10-25-23(31)28-13-11-27(12-14-28)17-21(29)26-16-19-5-2-1-3-6-19/h1-8,15H,9-14,16-17H2,(H2,24,30)(H,25,31)(H,26,29). The topological polar surface area (TPSA) is 108 Å². The Morgan fingerprint density at radius 2 is 1.58 bits per heavy atom. The van der Waals surface area contributed by atoms with Crippen molar-refractivity contribution in [3.63, 3.8) is 0 Å². The van der Waals surface area contributed by atoms with Gasteiger partial charge in [-0.3, -0.25) is 14.5 Å². The summed E-state index contributed by atoms with van der Waals surface area (Å²) in [6.45, 7) is 3.80. The molecule has 1 aliphatic heterocycles. The maximum absolute atomic E-state index is 12.4. The average molecular weight is 424 g/mol. The highest BCUT2D eigenvalue weighted by Gasteiger charge is 2.22. The molecule has 8 nitrogen and oxygen atoms in total. The third-order valence-corrected chi connectivity index (χ3v) is 5.26. The van der Waals surface area contributed by atoms with E-state index >= 15 is 0 Å². The summed E-state index contributed by atoms with van der Waals surface area (Å²) < 4.78 is 0. The fraction of sp³-hybridized carbons (Fsp3) is 0.348. The zero-order valence-corrected chi connectivity index (χ0v) is 17.5. The molecule has 0 bridgehead atoms. The van der Waals surface area contributed by atoms with E-state index in [0.29, 0.717) is 57.8 Å². The molecular weight excluding hydrogens is 394 g/mol. The lowest BCUT2D eigenvalue weighted by Crippen LogP contribution is -2.53. The first-order chi connectivity index (χ1) is 15.0. The minimum atomic E-state index is -0.461. The number of hydrogen-bond donors (Lipinski definition) is 3. The van der Waals surface area contributed by atoms with Crippen molar-refractivity contribution in [3.05, 3.63) is 71.3 Å². The fourth-order valence-corrected chi connectivity index (χ4v) is 3.47. The molecule has 0 radical (unpaired) electrons. The highest BCUT2D eigenvalue weighted by Crippen LogP contribution is 2.06. The van der Waals surface area contributed by atoms with Gasteiger partial charge >= 0.3 is 6.03 Å². The minimum Gasteiger partial charge on any atom is -0.366 e. The summed E-state index contributed by atoms with van der Waals surface area (Å²) in [6, 6.07) is 16.8. The van der Waals surface area contributed by atoms with E-state index in [9.17, 15) is 14.4 Å². The predicted octanol–water partition coefficient (Wildman–Crippen LogP) is 0.972. The van der Waals surface area contributed by atoms with E-state index in [1.54, 1.807) is 23.1 Å². The van der Waals surface area contributed by atoms with Crippen molar-refractivity contribution in [2.45, 2.75) is 13.0 Å². The molecule has 164 valence electrons. The van der Waals surface area contributed by atoms with Crippen molar-refractivity contribution < 1.29 is 14.4 Å². The number of nitrogens with zero attached hydrogens (tertiary/aromatic N) is 2. The van der Waals surface area contributed by atoms with Gasteiger partial charge in [0.1, 0.15) is 0 Å². The van der Waals surface area contributed by atoms with Crippen LogP contribution in [0, 0.1) is 0 Å². The van der Waals surface area contributed by atoms with Crippen molar-refractivity contribution in [3.8, 4) is 0 Å². The predicted molar refractivity (Wildman–Crippen MR) is 118 cm³/mol. The van der Waals surface area contributed by atoms with Crippen molar-refractivity contribution in [2.24, 2.45) is 5.73 Å². The van der Waals surface area contributed by atoms with Crippen LogP contribution >= 0.6 is 0 Å². The summed E-state index contributed by atoms with van der Waals surface area (Å²) in [4.78, 5) is 39.6. The van der Waals surface area contributed by atoms with Gasteiger partial charge in [-0.15, -0.1) is 0 Å². The van der Waals surface area contributed by atoms with Crippen LogP contribution in [-0.4, -0.2) is 66.9 Å². The van der Waals surface area contributed by atoms with Gasteiger partial charge in [0.15, 0.2) is 0 Å². The third kappa shape index (κ3) is 7.11. The number of urea groups is 1. The van der Waals surface area contributed by atoms with E-state index < -0.39 is 5.91 Å². The SMILES string of the molecule is NC(=O)c1cccc(CCNC(=O)N2CCN(CC(=O)NCc3ccccc3)CC2)c1. The Balaban J connectivity index is 1.33. The number of carbonyl (C=O) groups is 3. The molecule has 8 heteroatoms. The van der Waals surface area contributed by atoms with Crippen LogP contribution in [0.15, 0.2) is 54.6 Å². The molecule has 0 aromatic heterocycles. The van der Waals surface area contributed by atoms with Crippen molar-refractivity contribution >= 4 is 17.8 Å². The Kier molecular flexibility index (Phi) is 8.00. The number of rotatable bonds is 8. The quantitative estimate of drug-likeness (QED) is 0.588. The molecule has 1 saturated heterocycles. The van der Waals surface area contributed by atoms with E-state index in [0.717, 1.165) is 11.1 Å². The van der Waals surface area contributed by atoms with E-state index in [-0.39, 0.29) is 11.9 Å². The number of benzene rings is 2. The lowest BCUT2D eigenvalue weighted by atomic mass is 10.1. The van der Waals surface area contributed by atoms with E-state index in [1.807, 2.05) is 36.4 Å². The highest BCUT2D eigenvalue weighted by atomic mass is 16.2. The molecule has 2 aromatic rings. The number of primary amides is 1. The molecule has 1 fully saturated rings. The molecule has 4 N–H and O–H groups in total. The Hall–Kier alpha value is -3.39. The molecule has 0 atom stereocenters. The highest BCUT2D eigenvalue weighted by molar-refractivity contribution is 5.92. The average Bonchev–Trinajstić information content (AvgIpc) is 2.79. The van der Waals surface area contributed by atoms with Crippen LogP contribution in [0.3, 0.4) is 0 Å². The van der Waals surface area contributed by atoms with Gasteiger partial charge in [0.2, 0.25) is 11.8 Å². The van der Waals surface area contributed by atoms with Crippen LogP contribution in [0.5, 0.6) is 0 Å². The zero-order chi connectivity index (χ0) is 22.1. The van der Waals surface area contributed by atoms with Crippen LogP contribution in [0.1, 0.15) is 21.5 Å². The molecule has 3 rings (SSSR count). The molecule has 1 heterocycles. The molecular formula is C23H29N5O3.